The summed E-state index contributed by atoms with van der Waals surface area (Å²) >= 11 is 0. The summed E-state index contributed by atoms with van der Waals surface area (Å²) in [4.78, 5) is 41.7. The highest BCUT2D eigenvalue weighted by molar-refractivity contribution is 5.95. The van der Waals surface area contributed by atoms with E-state index in [0.717, 1.165) is 0 Å². The van der Waals surface area contributed by atoms with E-state index in [-0.39, 0.29) is 11.5 Å². The minimum Gasteiger partial charge on any atom is -0.377 e. The summed E-state index contributed by atoms with van der Waals surface area (Å²) in [6, 6.07) is 0.999. The zero-order chi connectivity index (χ0) is 17.3. The van der Waals surface area contributed by atoms with Gasteiger partial charge in [-0.3, -0.25) is 9.59 Å². The van der Waals surface area contributed by atoms with Gasteiger partial charge in [-0.2, -0.15) is 0 Å². The highest BCUT2D eigenvalue weighted by atomic mass is 16.5. The number of aromatic nitrogens is 4. The molecule has 3 rings (SSSR count). The maximum Gasteiger partial charge on any atom is 0.257 e. The Bertz CT molecular complexity index is 833. The van der Waals surface area contributed by atoms with Crippen molar-refractivity contribution in [2.24, 2.45) is 0 Å². The summed E-state index contributed by atoms with van der Waals surface area (Å²) in [5.41, 5.74) is 1.36. The highest BCUT2D eigenvalue weighted by Gasteiger charge is 2.31. The van der Waals surface area contributed by atoms with Crippen molar-refractivity contribution in [3.8, 4) is 0 Å². The molecule has 1 amide bonds. The Morgan fingerprint density at radius 1 is 1.33 bits per heavy atom. The molecule has 126 valence electrons. The van der Waals surface area contributed by atoms with E-state index < -0.39 is 6.04 Å². The van der Waals surface area contributed by atoms with Gasteiger partial charge in [-0.1, -0.05) is 0 Å². The Balaban J connectivity index is 1.97. The molecule has 1 unspecified atom stereocenters. The number of morpholine rings is 1. The molecule has 1 fully saturated rings. The van der Waals surface area contributed by atoms with Crippen LogP contribution in [0.4, 0.5) is 0 Å². The second kappa shape index (κ2) is 6.48. The summed E-state index contributed by atoms with van der Waals surface area (Å²) in [5.74, 6) is 0.945. The van der Waals surface area contributed by atoms with Crippen molar-refractivity contribution in [3.63, 3.8) is 0 Å². The number of H-pyrrole nitrogens is 1. The number of nitrogens with zero attached hydrogens (tertiary/aromatic N) is 4. The van der Waals surface area contributed by atoms with Crippen LogP contribution in [0.15, 0.2) is 17.1 Å². The maximum atomic E-state index is 13.0. The van der Waals surface area contributed by atoms with Crippen LogP contribution in [0.25, 0.3) is 0 Å². The van der Waals surface area contributed by atoms with Gasteiger partial charge in [-0.05, 0) is 20.8 Å². The fraction of sp³-hybridized carbons (Fsp3) is 0.438. The molecular weight excluding hydrogens is 310 g/mol. The number of aromatic amines is 1. The van der Waals surface area contributed by atoms with Crippen molar-refractivity contribution in [2.45, 2.75) is 26.8 Å². The number of nitrogens with one attached hydrogen (secondary N) is 1. The number of ether oxygens (including phenoxy) is 1. The SMILES string of the molecule is Cc1ncc(C(=O)N2CCOCC2c2cc(=O)[nH]c(C)n2)c(C)n1. The summed E-state index contributed by atoms with van der Waals surface area (Å²) in [7, 11) is 0. The van der Waals surface area contributed by atoms with Gasteiger partial charge in [0, 0.05) is 18.8 Å². The van der Waals surface area contributed by atoms with Crippen molar-refractivity contribution in [2.75, 3.05) is 19.8 Å². The second-order valence-corrected chi connectivity index (χ2v) is 5.76. The van der Waals surface area contributed by atoms with Crippen LogP contribution in [-0.4, -0.2) is 50.5 Å². The van der Waals surface area contributed by atoms with Crippen molar-refractivity contribution >= 4 is 5.91 Å². The van der Waals surface area contributed by atoms with Crippen LogP contribution in [0.1, 0.15) is 39.4 Å². The lowest BCUT2D eigenvalue weighted by atomic mass is 10.1. The molecule has 8 heteroatoms. The third kappa shape index (κ3) is 3.18. The molecule has 0 aromatic carbocycles. The van der Waals surface area contributed by atoms with Crippen LogP contribution in [0, 0.1) is 20.8 Å². The van der Waals surface area contributed by atoms with E-state index in [4.69, 9.17) is 4.74 Å². The van der Waals surface area contributed by atoms with Crippen LogP contribution in [0.5, 0.6) is 0 Å². The molecule has 0 aliphatic carbocycles. The molecule has 2 aromatic heterocycles. The Kier molecular flexibility index (Phi) is 4.39. The topological polar surface area (TPSA) is 101 Å². The Hall–Kier alpha value is -2.61. The van der Waals surface area contributed by atoms with Crippen LogP contribution >= 0.6 is 0 Å². The second-order valence-electron chi connectivity index (χ2n) is 5.76. The first-order valence-electron chi connectivity index (χ1n) is 7.72. The number of hydrogen-bond donors (Lipinski definition) is 1. The van der Waals surface area contributed by atoms with Gasteiger partial charge in [0.05, 0.1) is 36.2 Å². The van der Waals surface area contributed by atoms with Crippen LogP contribution in [0.2, 0.25) is 0 Å². The largest absolute Gasteiger partial charge is 0.377 e. The lowest BCUT2D eigenvalue weighted by molar-refractivity contribution is -0.00410. The van der Waals surface area contributed by atoms with E-state index in [1.54, 1.807) is 31.9 Å². The van der Waals surface area contributed by atoms with E-state index in [2.05, 4.69) is 19.9 Å². The van der Waals surface area contributed by atoms with E-state index in [1.165, 1.54) is 6.07 Å². The third-order valence-corrected chi connectivity index (χ3v) is 3.94. The van der Waals surface area contributed by atoms with Gasteiger partial charge in [-0.25, -0.2) is 15.0 Å². The third-order valence-electron chi connectivity index (χ3n) is 3.94. The normalized spacial score (nSPS) is 17.8. The van der Waals surface area contributed by atoms with Crippen molar-refractivity contribution in [1.82, 2.24) is 24.8 Å². The summed E-state index contributed by atoms with van der Waals surface area (Å²) in [6.45, 7) is 6.43. The van der Waals surface area contributed by atoms with Crippen molar-refractivity contribution in [1.29, 1.82) is 0 Å². The Morgan fingerprint density at radius 2 is 2.12 bits per heavy atom. The molecule has 0 bridgehead atoms. The molecule has 0 radical (unpaired) electrons. The molecule has 1 N–H and O–H groups in total. The van der Waals surface area contributed by atoms with Gasteiger partial charge >= 0.3 is 0 Å². The summed E-state index contributed by atoms with van der Waals surface area (Å²) in [6.07, 6.45) is 1.54. The number of amides is 1. The first kappa shape index (κ1) is 16.3. The average Bonchev–Trinajstić information content (AvgIpc) is 2.53. The summed E-state index contributed by atoms with van der Waals surface area (Å²) in [5, 5.41) is 0. The molecule has 1 aliphatic rings. The Labute approximate surface area is 138 Å². The van der Waals surface area contributed by atoms with Crippen LogP contribution < -0.4 is 5.56 Å². The lowest BCUT2D eigenvalue weighted by Gasteiger charge is -2.35. The molecule has 1 atom stereocenters. The van der Waals surface area contributed by atoms with Gasteiger partial charge < -0.3 is 14.6 Å². The molecule has 1 aliphatic heterocycles. The smallest absolute Gasteiger partial charge is 0.257 e. The number of carbonyl (C=O) groups excluding carboxylic acids is 1. The molecule has 0 saturated carbocycles. The molecule has 0 spiro atoms. The minimum atomic E-state index is -0.409. The van der Waals surface area contributed by atoms with Crippen LogP contribution in [-0.2, 0) is 4.74 Å². The molecule has 3 heterocycles. The lowest BCUT2D eigenvalue weighted by Crippen LogP contribution is -2.44. The van der Waals surface area contributed by atoms with Gasteiger partial charge in [0.2, 0.25) is 0 Å². The van der Waals surface area contributed by atoms with Gasteiger partial charge in [-0.15, -0.1) is 0 Å². The molecule has 1 saturated heterocycles. The molecular formula is C16H19N5O3. The maximum absolute atomic E-state index is 13.0. The van der Waals surface area contributed by atoms with Crippen molar-refractivity contribution < 1.29 is 9.53 Å². The minimum absolute atomic E-state index is 0.180. The standard InChI is InChI=1S/C16H19N5O3/c1-9-12(7-17-10(2)18-9)16(23)21-4-5-24-8-14(21)13-6-15(22)20-11(3)19-13/h6-7,14H,4-5,8H2,1-3H3,(H,19,20,22). The predicted molar refractivity (Wildman–Crippen MR) is 85.7 cm³/mol. The average molecular weight is 329 g/mol. The fourth-order valence-electron chi connectivity index (χ4n) is 2.81. The van der Waals surface area contributed by atoms with Crippen molar-refractivity contribution in [3.05, 3.63) is 51.2 Å². The first-order valence-corrected chi connectivity index (χ1v) is 7.72. The summed E-state index contributed by atoms with van der Waals surface area (Å²) < 4.78 is 5.50. The van der Waals surface area contributed by atoms with E-state index in [9.17, 15) is 9.59 Å². The Morgan fingerprint density at radius 3 is 2.83 bits per heavy atom. The van der Waals surface area contributed by atoms with Crippen LogP contribution in [0.3, 0.4) is 0 Å². The molecule has 24 heavy (non-hydrogen) atoms. The van der Waals surface area contributed by atoms with Gasteiger partial charge in [0.1, 0.15) is 11.6 Å². The fourth-order valence-corrected chi connectivity index (χ4v) is 2.81. The quantitative estimate of drug-likeness (QED) is 0.870. The van der Waals surface area contributed by atoms with Gasteiger partial charge in [0.15, 0.2) is 0 Å². The van der Waals surface area contributed by atoms with Gasteiger partial charge in [0.25, 0.3) is 11.5 Å². The monoisotopic (exact) mass is 329 g/mol. The number of hydrogen-bond acceptors (Lipinski definition) is 6. The molecule has 8 nitrogen and oxygen atoms in total. The molecule has 2 aromatic rings. The number of rotatable bonds is 2. The predicted octanol–water partition coefficient (Wildman–Crippen LogP) is 0.699. The van der Waals surface area contributed by atoms with E-state index in [1.807, 2.05) is 0 Å². The zero-order valence-corrected chi connectivity index (χ0v) is 13.9. The van der Waals surface area contributed by atoms with E-state index in [0.29, 0.717) is 48.4 Å². The number of carbonyl (C=O) groups is 1. The van der Waals surface area contributed by atoms with E-state index >= 15 is 0 Å². The zero-order valence-electron chi connectivity index (χ0n) is 13.9. The highest BCUT2D eigenvalue weighted by Crippen LogP contribution is 2.24. The number of aryl methyl sites for hydroxylation is 3. The first-order chi connectivity index (χ1) is 11.5.